The molecule has 4 nitrogen and oxygen atoms in total. The summed E-state index contributed by atoms with van der Waals surface area (Å²) in [5.74, 6) is 3.51. The summed E-state index contributed by atoms with van der Waals surface area (Å²) in [4.78, 5) is 0.199. The second-order valence-electron chi connectivity index (χ2n) is 5.31. The molecule has 7 heteroatoms. The van der Waals surface area contributed by atoms with Gasteiger partial charge >= 0.3 is 0 Å². The van der Waals surface area contributed by atoms with Gasteiger partial charge in [0.1, 0.15) is 12.4 Å². The van der Waals surface area contributed by atoms with Crippen LogP contribution in [0, 0.1) is 37.3 Å². The zero-order valence-electron chi connectivity index (χ0n) is 13.8. The SMILES string of the molecule is Cc1ccc(S(=O)(=O)NCC#CCOc2ccc(F)cc2F)c(C)c1. The summed E-state index contributed by atoms with van der Waals surface area (Å²) in [5.41, 5.74) is 1.62. The Morgan fingerprint density at radius 1 is 1.08 bits per heavy atom. The van der Waals surface area contributed by atoms with Crippen LogP contribution in [-0.2, 0) is 10.0 Å². The van der Waals surface area contributed by atoms with E-state index in [0.717, 1.165) is 17.7 Å². The number of rotatable bonds is 5. The zero-order valence-corrected chi connectivity index (χ0v) is 14.6. The van der Waals surface area contributed by atoms with Crippen molar-refractivity contribution in [3.63, 3.8) is 0 Å². The van der Waals surface area contributed by atoms with E-state index in [2.05, 4.69) is 16.6 Å². The quantitative estimate of drug-likeness (QED) is 0.829. The maximum absolute atomic E-state index is 13.3. The fourth-order valence-corrected chi connectivity index (χ4v) is 3.28. The van der Waals surface area contributed by atoms with Crippen molar-refractivity contribution in [2.75, 3.05) is 13.2 Å². The minimum atomic E-state index is -3.65. The Labute approximate surface area is 145 Å². The smallest absolute Gasteiger partial charge is 0.241 e. The van der Waals surface area contributed by atoms with Crippen LogP contribution in [0.2, 0.25) is 0 Å². The molecule has 2 aromatic rings. The van der Waals surface area contributed by atoms with Crippen LogP contribution in [-0.4, -0.2) is 21.6 Å². The van der Waals surface area contributed by atoms with Crippen molar-refractivity contribution in [2.24, 2.45) is 0 Å². The van der Waals surface area contributed by atoms with Crippen LogP contribution in [0.25, 0.3) is 0 Å². The van der Waals surface area contributed by atoms with Gasteiger partial charge in [-0.3, -0.25) is 0 Å². The third-order valence-electron chi connectivity index (χ3n) is 3.29. The van der Waals surface area contributed by atoms with E-state index in [9.17, 15) is 17.2 Å². The van der Waals surface area contributed by atoms with Crippen LogP contribution < -0.4 is 9.46 Å². The summed E-state index contributed by atoms with van der Waals surface area (Å²) in [5, 5.41) is 0. The fraction of sp³-hybridized carbons (Fsp3) is 0.222. The molecule has 0 bridgehead atoms. The highest BCUT2D eigenvalue weighted by Gasteiger charge is 2.15. The lowest BCUT2D eigenvalue weighted by Crippen LogP contribution is -2.24. The molecule has 0 atom stereocenters. The van der Waals surface area contributed by atoms with E-state index in [1.54, 1.807) is 25.1 Å². The molecule has 0 aliphatic heterocycles. The van der Waals surface area contributed by atoms with Crippen LogP contribution in [0.15, 0.2) is 41.3 Å². The molecule has 0 unspecified atom stereocenters. The molecule has 0 fully saturated rings. The summed E-state index contributed by atoms with van der Waals surface area (Å²) in [7, 11) is -3.65. The highest BCUT2D eigenvalue weighted by atomic mass is 32.2. The molecule has 2 rings (SSSR count). The maximum atomic E-state index is 13.3. The van der Waals surface area contributed by atoms with Gasteiger partial charge in [-0.05, 0) is 37.6 Å². The first-order valence-electron chi connectivity index (χ1n) is 7.40. The van der Waals surface area contributed by atoms with Crippen molar-refractivity contribution in [1.29, 1.82) is 0 Å². The normalized spacial score (nSPS) is 10.9. The number of benzene rings is 2. The molecule has 0 spiro atoms. The summed E-state index contributed by atoms with van der Waals surface area (Å²) < 4.78 is 57.9. The number of ether oxygens (including phenoxy) is 1. The van der Waals surface area contributed by atoms with E-state index in [1.807, 2.05) is 6.92 Å². The van der Waals surface area contributed by atoms with Crippen LogP contribution in [0.4, 0.5) is 8.78 Å². The highest BCUT2D eigenvalue weighted by Crippen LogP contribution is 2.17. The van der Waals surface area contributed by atoms with E-state index >= 15 is 0 Å². The monoisotopic (exact) mass is 365 g/mol. The molecule has 1 N–H and O–H groups in total. The Morgan fingerprint density at radius 3 is 2.52 bits per heavy atom. The van der Waals surface area contributed by atoms with E-state index in [4.69, 9.17) is 4.74 Å². The Kier molecular flexibility index (Phi) is 6.12. The molecule has 0 saturated carbocycles. The summed E-state index contributed by atoms with van der Waals surface area (Å²) in [6, 6.07) is 7.99. The average molecular weight is 365 g/mol. The van der Waals surface area contributed by atoms with Gasteiger partial charge in [0.25, 0.3) is 0 Å². The average Bonchev–Trinajstić information content (AvgIpc) is 2.52. The topological polar surface area (TPSA) is 55.4 Å². The third-order valence-corrected chi connectivity index (χ3v) is 4.85. The first-order valence-corrected chi connectivity index (χ1v) is 8.88. The van der Waals surface area contributed by atoms with E-state index in [-0.39, 0.29) is 23.8 Å². The minimum absolute atomic E-state index is 0.106. The molecular weight excluding hydrogens is 348 g/mol. The molecule has 0 saturated heterocycles. The molecule has 0 aliphatic carbocycles. The van der Waals surface area contributed by atoms with Crippen molar-refractivity contribution in [3.8, 4) is 17.6 Å². The van der Waals surface area contributed by atoms with Crippen molar-refractivity contribution < 1.29 is 21.9 Å². The predicted octanol–water partition coefficient (Wildman–Crippen LogP) is 2.94. The zero-order chi connectivity index (χ0) is 18.4. The van der Waals surface area contributed by atoms with Gasteiger partial charge in [0.15, 0.2) is 11.6 Å². The van der Waals surface area contributed by atoms with Crippen molar-refractivity contribution in [3.05, 3.63) is 59.2 Å². The highest BCUT2D eigenvalue weighted by molar-refractivity contribution is 7.89. The van der Waals surface area contributed by atoms with Crippen LogP contribution >= 0.6 is 0 Å². The first-order chi connectivity index (χ1) is 11.8. The van der Waals surface area contributed by atoms with E-state index in [0.29, 0.717) is 11.6 Å². The second kappa shape index (κ2) is 8.10. The second-order valence-corrected chi connectivity index (χ2v) is 7.05. The van der Waals surface area contributed by atoms with Gasteiger partial charge in [-0.25, -0.2) is 17.2 Å². The van der Waals surface area contributed by atoms with Gasteiger partial charge in [-0.15, -0.1) is 0 Å². The van der Waals surface area contributed by atoms with Gasteiger partial charge in [0.2, 0.25) is 10.0 Å². The largest absolute Gasteiger partial charge is 0.478 e. The summed E-state index contributed by atoms with van der Waals surface area (Å²) in [6.45, 7) is 3.35. The van der Waals surface area contributed by atoms with Crippen LogP contribution in [0.5, 0.6) is 5.75 Å². The van der Waals surface area contributed by atoms with Crippen LogP contribution in [0.1, 0.15) is 11.1 Å². The van der Waals surface area contributed by atoms with Gasteiger partial charge < -0.3 is 4.74 Å². The number of aryl methyl sites for hydroxylation is 2. The standard InChI is InChI=1S/C18H17F2NO3S/c1-13-5-8-18(14(2)11-13)25(22,23)21-9-3-4-10-24-17-7-6-15(19)12-16(17)20/h5-8,11-12,21H,9-10H2,1-2H3. The molecule has 2 aromatic carbocycles. The number of hydrogen-bond donors (Lipinski definition) is 1. The third kappa shape index (κ3) is 5.28. The van der Waals surface area contributed by atoms with Crippen molar-refractivity contribution >= 4 is 10.0 Å². The molecule has 0 aromatic heterocycles. The van der Waals surface area contributed by atoms with Gasteiger partial charge in [-0.1, -0.05) is 29.5 Å². The number of halogens is 2. The molecule has 0 amide bonds. The molecule has 25 heavy (non-hydrogen) atoms. The Morgan fingerprint density at radius 2 is 1.84 bits per heavy atom. The number of hydrogen-bond acceptors (Lipinski definition) is 3. The Balaban J connectivity index is 1.89. The van der Waals surface area contributed by atoms with Gasteiger partial charge in [0, 0.05) is 6.07 Å². The van der Waals surface area contributed by atoms with Gasteiger partial charge in [-0.2, -0.15) is 4.72 Å². The summed E-state index contributed by atoms with van der Waals surface area (Å²) >= 11 is 0. The lowest BCUT2D eigenvalue weighted by Gasteiger charge is -2.08. The molecule has 0 radical (unpaired) electrons. The van der Waals surface area contributed by atoms with Gasteiger partial charge in [0.05, 0.1) is 11.4 Å². The Hall–Kier alpha value is -2.43. The molecule has 132 valence electrons. The maximum Gasteiger partial charge on any atom is 0.241 e. The van der Waals surface area contributed by atoms with E-state index in [1.165, 1.54) is 0 Å². The van der Waals surface area contributed by atoms with Crippen molar-refractivity contribution in [1.82, 2.24) is 4.72 Å². The fourth-order valence-electron chi connectivity index (χ4n) is 2.13. The lowest BCUT2D eigenvalue weighted by atomic mass is 10.2. The van der Waals surface area contributed by atoms with E-state index < -0.39 is 21.7 Å². The molecule has 0 heterocycles. The number of sulfonamides is 1. The molecule has 0 aliphatic rings. The van der Waals surface area contributed by atoms with Crippen molar-refractivity contribution in [2.45, 2.75) is 18.7 Å². The predicted molar refractivity (Wildman–Crippen MR) is 90.7 cm³/mol. The van der Waals surface area contributed by atoms with Crippen LogP contribution in [0.3, 0.4) is 0 Å². The lowest BCUT2D eigenvalue weighted by molar-refractivity contribution is 0.346. The summed E-state index contributed by atoms with van der Waals surface area (Å²) in [6.07, 6.45) is 0. The molecular formula is C18H17F2NO3S. The number of nitrogens with one attached hydrogen (secondary N) is 1. The minimum Gasteiger partial charge on any atom is -0.478 e. The first kappa shape index (κ1) is 18.9. The Bertz CT molecular complexity index is 931.